The van der Waals surface area contributed by atoms with Gasteiger partial charge in [0, 0.05) is 23.1 Å². The molecule has 0 radical (unpaired) electrons. The maximum Gasteiger partial charge on any atom is 0.340 e. The van der Waals surface area contributed by atoms with Crippen LogP contribution in [0.4, 0.5) is 0 Å². The van der Waals surface area contributed by atoms with Gasteiger partial charge in [-0.2, -0.15) is 0 Å². The Kier molecular flexibility index (Phi) is 4.38. The van der Waals surface area contributed by atoms with Crippen LogP contribution < -0.4 is 4.74 Å². The molecule has 0 aliphatic heterocycles. The Balaban J connectivity index is 2.17. The van der Waals surface area contributed by atoms with Crippen LogP contribution in [0, 0.1) is 6.92 Å². The molecule has 0 fully saturated rings. The van der Waals surface area contributed by atoms with Gasteiger partial charge in [0.05, 0.1) is 19.8 Å². The monoisotopic (exact) mass is 321 g/mol. The molecule has 0 amide bonds. The van der Waals surface area contributed by atoms with Gasteiger partial charge in [0.2, 0.25) is 0 Å². The maximum absolute atomic E-state index is 12.3. The van der Waals surface area contributed by atoms with Crippen molar-refractivity contribution < 1.29 is 14.3 Å². The van der Waals surface area contributed by atoms with Gasteiger partial charge in [-0.1, -0.05) is 30.3 Å². The van der Waals surface area contributed by atoms with E-state index in [1.54, 1.807) is 7.11 Å². The number of aromatic nitrogens is 1. The van der Waals surface area contributed by atoms with Crippen LogP contribution in [0.5, 0.6) is 5.75 Å². The SMILES string of the molecule is COC(=O)c1c(-c2ccccc2)cn(-c2ccc(OC)cc2)c1C. The van der Waals surface area contributed by atoms with E-state index in [2.05, 4.69) is 0 Å². The molecule has 1 aromatic heterocycles. The number of carbonyl (C=O) groups is 1. The summed E-state index contributed by atoms with van der Waals surface area (Å²) in [5.41, 5.74) is 4.22. The van der Waals surface area contributed by atoms with Gasteiger partial charge in [0.1, 0.15) is 5.75 Å². The van der Waals surface area contributed by atoms with Gasteiger partial charge in [-0.05, 0) is 36.8 Å². The minimum atomic E-state index is -0.335. The lowest BCUT2D eigenvalue weighted by Crippen LogP contribution is -2.05. The molecule has 0 bridgehead atoms. The summed E-state index contributed by atoms with van der Waals surface area (Å²) in [4.78, 5) is 12.3. The molecular weight excluding hydrogens is 302 g/mol. The van der Waals surface area contributed by atoms with Crippen molar-refractivity contribution in [2.75, 3.05) is 14.2 Å². The van der Waals surface area contributed by atoms with Crippen molar-refractivity contribution in [1.29, 1.82) is 0 Å². The molecule has 0 saturated heterocycles. The second kappa shape index (κ2) is 6.62. The van der Waals surface area contributed by atoms with Crippen LogP contribution in [-0.2, 0) is 4.74 Å². The molecule has 0 aliphatic rings. The Bertz CT molecular complexity index is 849. The van der Waals surface area contributed by atoms with Crippen LogP contribution >= 0.6 is 0 Å². The van der Waals surface area contributed by atoms with Crippen LogP contribution in [0.3, 0.4) is 0 Å². The maximum atomic E-state index is 12.3. The molecule has 2 aromatic carbocycles. The average Bonchev–Trinajstić information content (AvgIpc) is 2.99. The Hall–Kier alpha value is -3.01. The van der Waals surface area contributed by atoms with Gasteiger partial charge in [-0.3, -0.25) is 0 Å². The van der Waals surface area contributed by atoms with E-state index < -0.39 is 0 Å². The van der Waals surface area contributed by atoms with Crippen molar-refractivity contribution in [2.45, 2.75) is 6.92 Å². The van der Waals surface area contributed by atoms with Crippen molar-refractivity contribution in [3.63, 3.8) is 0 Å². The van der Waals surface area contributed by atoms with E-state index in [0.29, 0.717) is 5.56 Å². The summed E-state index contributed by atoms with van der Waals surface area (Å²) in [5.74, 6) is 0.457. The van der Waals surface area contributed by atoms with Crippen LogP contribution in [0.1, 0.15) is 16.1 Å². The number of hydrogen-bond donors (Lipinski definition) is 0. The number of carbonyl (C=O) groups excluding carboxylic acids is 1. The molecule has 122 valence electrons. The number of rotatable bonds is 4. The summed E-state index contributed by atoms with van der Waals surface area (Å²) >= 11 is 0. The zero-order chi connectivity index (χ0) is 17.1. The first kappa shape index (κ1) is 15.9. The molecule has 4 heteroatoms. The van der Waals surface area contributed by atoms with Crippen molar-refractivity contribution in [1.82, 2.24) is 4.57 Å². The number of nitrogens with zero attached hydrogens (tertiary/aromatic N) is 1. The third-order valence-corrected chi connectivity index (χ3v) is 4.08. The highest BCUT2D eigenvalue weighted by Gasteiger charge is 2.21. The standard InChI is InChI=1S/C20H19NO3/c1-14-19(20(22)24-3)18(15-7-5-4-6-8-15)13-21(14)16-9-11-17(23-2)12-10-16/h4-13H,1-3H3. The van der Waals surface area contributed by atoms with Crippen LogP contribution in [0.25, 0.3) is 16.8 Å². The average molecular weight is 321 g/mol. The summed E-state index contributed by atoms with van der Waals surface area (Å²) in [7, 11) is 3.04. The van der Waals surface area contributed by atoms with E-state index in [4.69, 9.17) is 9.47 Å². The molecule has 0 unspecified atom stereocenters. The van der Waals surface area contributed by atoms with E-state index in [9.17, 15) is 4.79 Å². The van der Waals surface area contributed by atoms with E-state index in [1.165, 1.54) is 7.11 Å². The summed E-state index contributed by atoms with van der Waals surface area (Å²) in [5, 5.41) is 0. The minimum Gasteiger partial charge on any atom is -0.497 e. The van der Waals surface area contributed by atoms with Crippen LogP contribution in [0.15, 0.2) is 60.8 Å². The van der Waals surface area contributed by atoms with Gasteiger partial charge in [-0.15, -0.1) is 0 Å². The lowest BCUT2D eigenvalue weighted by molar-refractivity contribution is 0.0601. The highest BCUT2D eigenvalue weighted by molar-refractivity contribution is 5.99. The minimum absolute atomic E-state index is 0.335. The van der Waals surface area contributed by atoms with Crippen molar-refractivity contribution in [3.8, 4) is 22.6 Å². The quantitative estimate of drug-likeness (QED) is 0.675. The lowest BCUT2D eigenvalue weighted by Gasteiger charge is -2.08. The summed E-state index contributed by atoms with van der Waals surface area (Å²) < 4.78 is 12.2. The van der Waals surface area contributed by atoms with E-state index in [-0.39, 0.29) is 5.97 Å². The Morgan fingerprint density at radius 1 is 0.958 bits per heavy atom. The Morgan fingerprint density at radius 2 is 1.62 bits per heavy atom. The molecular formula is C20H19NO3. The fourth-order valence-electron chi connectivity index (χ4n) is 2.81. The predicted octanol–water partition coefficient (Wildman–Crippen LogP) is 4.25. The number of ether oxygens (including phenoxy) is 2. The second-order valence-electron chi connectivity index (χ2n) is 5.43. The number of hydrogen-bond acceptors (Lipinski definition) is 3. The number of benzene rings is 2. The smallest absolute Gasteiger partial charge is 0.340 e. The zero-order valence-electron chi connectivity index (χ0n) is 13.9. The molecule has 0 N–H and O–H groups in total. The van der Waals surface area contributed by atoms with Crippen molar-refractivity contribution in [3.05, 3.63) is 72.1 Å². The van der Waals surface area contributed by atoms with Gasteiger partial charge in [-0.25, -0.2) is 4.79 Å². The first-order valence-electron chi connectivity index (χ1n) is 7.66. The predicted molar refractivity (Wildman–Crippen MR) is 93.8 cm³/mol. The fourth-order valence-corrected chi connectivity index (χ4v) is 2.81. The third kappa shape index (κ3) is 2.78. The largest absolute Gasteiger partial charge is 0.497 e. The van der Waals surface area contributed by atoms with Crippen molar-refractivity contribution in [2.24, 2.45) is 0 Å². The first-order valence-corrected chi connectivity index (χ1v) is 7.66. The molecule has 0 aliphatic carbocycles. The molecule has 0 saturated carbocycles. The highest BCUT2D eigenvalue weighted by Crippen LogP contribution is 2.31. The van der Waals surface area contributed by atoms with Crippen LogP contribution in [-0.4, -0.2) is 24.8 Å². The number of esters is 1. The lowest BCUT2D eigenvalue weighted by atomic mass is 10.0. The van der Waals surface area contributed by atoms with Gasteiger partial charge in [0.25, 0.3) is 0 Å². The molecule has 3 rings (SSSR count). The zero-order valence-corrected chi connectivity index (χ0v) is 13.9. The van der Waals surface area contributed by atoms with Gasteiger partial charge >= 0.3 is 5.97 Å². The molecule has 3 aromatic rings. The Morgan fingerprint density at radius 3 is 2.21 bits per heavy atom. The molecule has 4 nitrogen and oxygen atoms in total. The van der Waals surface area contributed by atoms with E-state index in [1.807, 2.05) is 72.3 Å². The van der Waals surface area contributed by atoms with E-state index >= 15 is 0 Å². The second-order valence-corrected chi connectivity index (χ2v) is 5.43. The summed E-state index contributed by atoms with van der Waals surface area (Å²) in [6, 6.07) is 17.5. The summed E-state index contributed by atoms with van der Waals surface area (Å²) in [6.45, 7) is 1.92. The third-order valence-electron chi connectivity index (χ3n) is 4.08. The van der Waals surface area contributed by atoms with Gasteiger partial charge < -0.3 is 14.0 Å². The topological polar surface area (TPSA) is 40.5 Å². The highest BCUT2D eigenvalue weighted by atomic mass is 16.5. The van der Waals surface area contributed by atoms with E-state index in [0.717, 1.165) is 28.3 Å². The molecule has 0 spiro atoms. The summed E-state index contributed by atoms with van der Waals surface area (Å²) in [6.07, 6.45) is 1.97. The Labute approximate surface area is 141 Å². The fraction of sp³-hybridized carbons (Fsp3) is 0.150. The normalized spacial score (nSPS) is 10.5. The van der Waals surface area contributed by atoms with Crippen LogP contribution in [0.2, 0.25) is 0 Å². The first-order chi connectivity index (χ1) is 11.7. The number of methoxy groups -OCH3 is 2. The molecule has 0 atom stereocenters. The van der Waals surface area contributed by atoms with Crippen molar-refractivity contribution >= 4 is 5.97 Å². The van der Waals surface area contributed by atoms with Gasteiger partial charge in [0.15, 0.2) is 0 Å². The molecule has 1 heterocycles. The molecule has 24 heavy (non-hydrogen) atoms.